The lowest BCUT2D eigenvalue weighted by Gasteiger charge is -2.13. The molecule has 0 N–H and O–H groups in total. The van der Waals surface area contributed by atoms with Crippen LogP contribution in [0.5, 0.6) is 0 Å². The minimum atomic E-state index is 0.604. The van der Waals surface area contributed by atoms with E-state index in [0.29, 0.717) is 5.95 Å². The van der Waals surface area contributed by atoms with Gasteiger partial charge < -0.3 is 13.4 Å². The van der Waals surface area contributed by atoms with E-state index in [9.17, 15) is 0 Å². The van der Waals surface area contributed by atoms with Crippen molar-refractivity contribution >= 4 is 98.4 Å². The lowest BCUT2D eigenvalue weighted by Crippen LogP contribution is -2.04. The molecule has 13 aromatic rings. The lowest BCUT2D eigenvalue weighted by atomic mass is 10.0. The summed E-state index contributed by atoms with van der Waals surface area (Å²) in [6.45, 7) is 0. The molecule has 5 aromatic heterocycles. The largest absolute Gasteiger partial charge is 0.456 e. The van der Waals surface area contributed by atoms with E-state index < -0.39 is 0 Å². The maximum absolute atomic E-state index is 6.95. The van der Waals surface area contributed by atoms with Crippen LogP contribution in [0.1, 0.15) is 0 Å². The molecule has 8 aromatic carbocycles. The molecule has 260 valence electrons. The molecule has 56 heavy (non-hydrogen) atoms. The molecular formula is C50H28N4O2. The van der Waals surface area contributed by atoms with Gasteiger partial charge in [0.1, 0.15) is 16.7 Å². The van der Waals surface area contributed by atoms with Gasteiger partial charge in [-0.15, -0.1) is 0 Å². The van der Waals surface area contributed by atoms with E-state index in [1.165, 1.54) is 0 Å². The first-order valence-electron chi connectivity index (χ1n) is 18.8. The summed E-state index contributed by atoms with van der Waals surface area (Å²) in [6.07, 6.45) is 0. The molecule has 5 heterocycles. The summed E-state index contributed by atoms with van der Waals surface area (Å²) >= 11 is 0. The van der Waals surface area contributed by atoms with E-state index in [0.717, 1.165) is 115 Å². The van der Waals surface area contributed by atoms with Gasteiger partial charge in [0, 0.05) is 59.7 Å². The lowest BCUT2D eigenvalue weighted by molar-refractivity contribution is 0.669. The predicted molar refractivity (Wildman–Crippen MR) is 228 cm³/mol. The standard InChI is InChI=1S/C50H28N4O2/c1-2-14-30(15-3-1)53-38-22-10-6-19-34(38)45-47-43(44-35-20-8-13-25-41(35)56-49(44)48(45)53)33-18-5-11-23-39(33)54(47)50-51-37-21-9-4-17-32(37)46(52-50)29-26-27-42-36(28-29)31-16-7-12-24-40(31)55-42/h1-28H. The number of rotatable bonds is 3. The zero-order valence-electron chi connectivity index (χ0n) is 29.8. The second-order valence-corrected chi connectivity index (χ2v) is 14.5. The molecule has 0 atom stereocenters. The molecule has 0 saturated heterocycles. The van der Waals surface area contributed by atoms with Gasteiger partial charge in [0.25, 0.3) is 0 Å². The van der Waals surface area contributed by atoms with Crippen molar-refractivity contribution in [1.29, 1.82) is 0 Å². The minimum Gasteiger partial charge on any atom is -0.456 e. The Labute approximate surface area is 318 Å². The van der Waals surface area contributed by atoms with Crippen LogP contribution >= 0.6 is 0 Å². The summed E-state index contributed by atoms with van der Waals surface area (Å²) in [6, 6.07) is 59.2. The van der Waals surface area contributed by atoms with E-state index >= 15 is 0 Å². The fourth-order valence-electron chi connectivity index (χ4n) is 9.20. The Morgan fingerprint density at radius 3 is 1.80 bits per heavy atom. The Balaban J connectivity index is 1.24. The zero-order valence-corrected chi connectivity index (χ0v) is 29.8. The fraction of sp³-hybridized carbons (Fsp3) is 0. The summed E-state index contributed by atoms with van der Waals surface area (Å²) in [4.78, 5) is 10.9. The van der Waals surface area contributed by atoms with Crippen molar-refractivity contribution in [1.82, 2.24) is 19.1 Å². The summed E-state index contributed by atoms with van der Waals surface area (Å²) in [5.41, 5.74) is 11.4. The quantitative estimate of drug-likeness (QED) is 0.183. The number of para-hydroxylation sites is 6. The molecule has 0 aliphatic heterocycles. The van der Waals surface area contributed by atoms with Crippen LogP contribution in [-0.2, 0) is 0 Å². The fourth-order valence-corrected chi connectivity index (χ4v) is 9.20. The van der Waals surface area contributed by atoms with Gasteiger partial charge in [0.2, 0.25) is 5.95 Å². The highest BCUT2D eigenvalue weighted by Gasteiger charge is 2.28. The summed E-state index contributed by atoms with van der Waals surface area (Å²) in [5, 5.41) is 9.73. The number of nitrogens with zero attached hydrogens (tertiary/aromatic N) is 4. The van der Waals surface area contributed by atoms with Crippen LogP contribution in [-0.4, -0.2) is 19.1 Å². The Hall–Kier alpha value is -7.70. The van der Waals surface area contributed by atoms with Crippen molar-refractivity contribution in [2.45, 2.75) is 0 Å². The first kappa shape index (κ1) is 29.7. The first-order chi connectivity index (χ1) is 27.8. The second-order valence-electron chi connectivity index (χ2n) is 14.5. The molecule has 0 fully saturated rings. The molecule has 0 aliphatic rings. The van der Waals surface area contributed by atoms with Crippen LogP contribution in [0.4, 0.5) is 0 Å². The summed E-state index contributed by atoms with van der Waals surface area (Å²) in [5.74, 6) is 0.604. The van der Waals surface area contributed by atoms with Crippen LogP contribution in [0.25, 0.3) is 121 Å². The molecule has 0 spiro atoms. The summed E-state index contributed by atoms with van der Waals surface area (Å²) < 4.78 is 17.8. The van der Waals surface area contributed by atoms with Gasteiger partial charge in [0.15, 0.2) is 5.58 Å². The predicted octanol–water partition coefficient (Wildman–Crippen LogP) is 13.3. The molecule has 0 amide bonds. The monoisotopic (exact) mass is 716 g/mol. The van der Waals surface area contributed by atoms with Crippen LogP contribution < -0.4 is 0 Å². The smallest absolute Gasteiger partial charge is 0.235 e. The van der Waals surface area contributed by atoms with Crippen LogP contribution in [0, 0.1) is 0 Å². The SMILES string of the molecule is c1ccc(-n2c3ccccc3c3c2c2oc4ccccc4c2c2c4ccccc4n(-c4nc(-c5ccc6oc7ccccc7c6c5)c5ccccc5n4)c23)cc1. The van der Waals surface area contributed by atoms with Crippen molar-refractivity contribution in [2.75, 3.05) is 0 Å². The molecule has 0 unspecified atom stereocenters. The van der Waals surface area contributed by atoms with Crippen molar-refractivity contribution in [2.24, 2.45) is 0 Å². The summed E-state index contributed by atoms with van der Waals surface area (Å²) in [7, 11) is 0. The van der Waals surface area contributed by atoms with Crippen LogP contribution in [0.15, 0.2) is 179 Å². The van der Waals surface area contributed by atoms with Crippen LogP contribution in [0.2, 0.25) is 0 Å². The van der Waals surface area contributed by atoms with Crippen molar-refractivity contribution in [3.05, 3.63) is 170 Å². The third kappa shape index (κ3) is 3.89. The highest BCUT2D eigenvalue weighted by molar-refractivity contribution is 6.39. The highest BCUT2D eigenvalue weighted by atomic mass is 16.3. The van der Waals surface area contributed by atoms with Gasteiger partial charge in [-0.2, -0.15) is 0 Å². The topological polar surface area (TPSA) is 61.9 Å². The number of furan rings is 2. The van der Waals surface area contributed by atoms with Gasteiger partial charge >= 0.3 is 0 Å². The third-order valence-electron chi connectivity index (χ3n) is 11.5. The molecule has 0 bridgehead atoms. The average molecular weight is 717 g/mol. The number of aromatic nitrogens is 4. The molecule has 0 aliphatic carbocycles. The van der Waals surface area contributed by atoms with Gasteiger partial charge in [-0.1, -0.05) is 109 Å². The minimum absolute atomic E-state index is 0.604. The maximum atomic E-state index is 6.95. The molecule has 6 heteroatoms. The first-order valence-corrected chi connectivity index (χ1v) is 18.8. The molecule has 0 saturated carbocycles. The molecule has 6 nitrogen and oxygen atoms in total. The number of benzene rings is 8. The van der Waals surface area contributed by atoms with Crippen LogP contribution in [0.3, 0.4) is 0 Å². The van der Waals surface area contributed by atoms with Gasteiger partial charge in [-0.05, 0) is 60.7 Å². The average Bonchev–Trinajstić information content (AvgIpc) is 4.01. The number of fused-ring (bicyclic) bond motifs is 16. The van der Waals surface area contributed by atoms with Gasteiger partial charge in [0.05, 0.1) is 33.3 Å². The second kappa shape index (κ2) is 10.9. The van der Waals surface area contributed by atoms with E-state index in [-0.39, 0.29) is 0 Å². The van der Waals surface area contributed by atoms with E-state index in [1.54, 1.807) is 0 Å². The van der Waals surface area contributed by atoms with Crippen molar-refractivity contribution < 1.29 is 8.83 Å². The molecule has 13 rings (SSSR count). The zero-order chi connectivity index (χ0) is 36.5. The van der Waals surface area contributed by atoms with E-state index in [2.05, 4.69) is 155 Å². The molecule has 0 radical (unpaired) electrons. The number of hydrogen-bond donors (Lipinski definition) is 0. The normalized spacial score (nSPS) is 12.3. The Kier molecular flexibility index (Phi) is 5.80. The van der Waals surface area contributed by atoms with Crippen molar-refractivity contribution in [3.63, 3.8) is 0 Å². The van der Waals surface area contributed by atoms with Gasteiger partial charge in [-0.25, -0.2) is 9.97 Å². The van der Waals surface area contributed by atoms with E-state index in [1.807, 2.05) is 24.3 Å². The Morgan fingerprint density at radius 2 is 1.00 bits per heavy atom. The van der Waals surface area contributed by atoms with Crippen molar-refractivity contribution in [3.8, 4) is 22.9 Å². The van der Waals surface area contributed by atoms with Gasteiger partial charge in [-0.3, -0.25) is 4.57 Å². The third-order valence-corrected chi connectivity index (χ3v) is 11.5. The van der Waals surface area contributed by atoms with E-state index in [4.69, 9.17) is 18.8 Å². The molecular weight excluding hydrogens is 689 g/mol. The Morgan fingerprint density at radius 1 is 0.393 bits per heavy atom. The highest BCUT2D eigenvalue weighted by Crippen LogP contribution is 2.49. The maximum Gasteiger partial charge on any atom is 0.235 e. The Bertz CT molecular complexity index is 3770. The number of hydrogen-bond acceptors (Lipinski definition) is 4.